The lowest BCUT2D eigenvalue weighted by Gasteiger charge is -2.32. The number of aromatic nitrogens is 1. The first kappa shape index (κ1) is 11.1. The van der Waals surface area contributed by atoms with Gasteiger partial charge in [0, 0.05) is 38.1 Å². The summed E-state index contributed by atoms with van der Waals surface area (Å²) in [6.07, 6.45) is 3.93. The van der Waals surface area contributed by atoms with Crippen molar-refractivity contribution < 1.29 is 4.79 Å². The van der Waals surface area contributed by atoms with Crippen LogP contribution in [0, 0.1) is 0 Å². The zero-order valence-corrected chi connectivity index (χ0v) is 9.52. The van der Waals surface area contributed by atoms with E-state index < -0.39 is 0 Å². The van der Waals surface area contributed by atoms with Crippen molar-refractivity contribution in [2.45, 2.75) is 19.4 Å². The van der Waals surface area contributed by atoms with Crippen LogP contribution in [0.4, 0.5) is 0 Å². The Bertz CT molecular complexity index is 353. The van der Waals surface area contributed by atoms with Gasteiger partial charge in [-0.1, -0.05) is 0 Å². The van der Waals surface area contributed by atoms with Crippen LogP contribution in [-0.4, -0.2) is 41.5 Å². The Hall–Kier alpha value is -1.42. The maximum absolute atomic E-state index is 12.0. The van der Waals surface area contributed by atoms with Crippen molar-refractivity contribution in [3.8, 4) is 0 Å². The summed E-state index contributed by atoms with van der Waals surface area (Å²) in [7, 11) is 0. The maximum atomic E-state index is 12.0. The number of hydrogen-bond donors (Lipinski definition) is 1. The lowest BCUT2D eigenvalue weighted by atomic mass is 10.1. The van der Waals surface area contributed by atoms with Gasteiger partial charge in [-0.25, -0.2) is 0 Å². The Morgan fingerprint density at radius 3 is 3.00 bits per heavy atom. The lowest BCUT2D eigenvalue weighted by molar-refractivity contribution is -0.131. The first-order valence-corrected chi connectivity index (χ1v) is 5.66. The minimum absolute atomic E-state index is 0.208. The molecule has 1 fully saturated rings. The third-order valence-corrected chi connectivity index (χ3v) is 2.83. The third kappa shape index (κ3) is 2.79. The van der Waals surface area contributed by atoms with Crippen LogP contribution in [0.3, 0.4) is 0 Å². The van der Waals surface area contributed by atoms with Crippen molar-refractivity contribution in [1.82, 2.24) is 15.2 Å². The maximum Gasteiger partial charge on any atom is 0.227 e. The van der Waals surface area contributed by atoms with Crippen molar-refractivity contribution in [2.24, 2.45) is 0 Å². The van der Waals surface area contributed by atoms with Gasteiger partial charge in [-0.15, -0.1) is 0 Å². The van der Waals surface area contributed by atoms with Gasteiger partial charge in [0.05, 0.1) is 6.42 Å². The number of rotatable bonds is 2. The number of piperazine rings is 1. The molecule has 1 N–H and O–H groups in total. The molecule has 1 amide bonds. The van der Waals surface area contributed by atoms with E-state index in [4.69, 9.17) is 0 Å². The van der Waals surface area contributed by atoms with Gasteiger partial charge in [0.15, 0.2) is 0 Å². The van der Waals surface area contributed by atoms with Gasteiger partial charge in [0.1, 0.15) is 0 Å². The Morgan fingerprint density at radius 1 is 1.56 bits per heavy atom. The van der Waals surface area contributed by atoms with Crippen LogP contribution in [0.15, 0.2) is 24.5 Å². The van der Waals surface area contributed by atoms with Gasteiger partial charge in [0.25, 0.3) is 0 Å². The minimum atomic E-state index is 0.208. The fourth-order valence-electron chi connectivity index (χ4n) is 1.95. The SMILES string of the molecule is C[C@H]1CN(C(=O)Cc2ccncc2)CCN1. The summed E-state index contributed by atoms with van der Waals surface area (Å²) in [5, 5.41) is 3.33. The summed E-state index contributed by atoms with van der Waals surface area (Å²) in [5.74, 6) is 0.208. The Morgan fingerprint density at radius 2 is 2.31 bits per heavy atom. The average Bonchev–Trinajstić information content (AvgIpc) is 2.30. The predicted octanol–water partition coefficient (Wildman–Crippen LogP) is 0.444. The van der Waals surface area contributed by atoms with E-state index in [9.17, 15) is 4.79 Å². The molecule has 4 nitrogen and oxygen atoms in total. The average molecular weight is 219 g/mol. The number of nitrogens with zero attached hydrogens (tertiary/aromatic N) is 2. The van der Waals surface area contributed by atoms with Crippen molar-refractivity contribution in [3.05, 3.63) is 30.1 Å². The number of carbonyl (C=O) groups is 1. The highest BCUT2D eigenvalue weighted by atomic mass is 16.2. The van der Waals surface area contributed by atoms with Gasteiger partial charge in [-0.2, -0.15) is 0 Å². The quantitative estimate of drug-likeness (QED) is 0.785. The second kappa shape index (κ2) is 5.07. The number of carbonyl (C=O) groups excluding carboxylic acids is 1. The molecule has 86 valence electrons. The first-order chi connectivity index (χ1) is 7.75. The van der Waals surface area contributed by atoms with Crippen molar-refractivity contribution >= 4 is 5.91 Å². The summed E-state index contributed by atoms with van der Waals surface area (Å²) in [4.78, 5) is 17.9. The van der Waals surface area contributed by atoms with E-state index in [0.29, 0.717) is 12.5 Å². The minimum Gasteiger partial charge on any atom is -0.340 e. The number of amides is 1. The lowest BCUT2D eigenvalue weighted by Crippen LogP contribution is -2.51. The molecule has 1 atom stereocenters. The van der Waals surface area contributed by atoms with Gasteiger partial charge in [0.2, 0.25) is 5.91 Å². The Balaban J connectivity index is 1.93. The molecule has 16 heavy (non-hydrogen) atoms. The molecule has 2 rings (SSSR count). The summed E-state index contributed by atoms with van der Waals surface area (Å²) in [6, 6.07) is 4.18. The van der Waals surface area contributed by atoms with Gasteiger partial charge in [-0.05, 0) is 24.6 Å². The van der Waals surface area contributed by atoms with Crippen LogP contribution in [0.1, 0.15) is 12.5 Å². The van der Waals surface area contributed by atoms with Gasteiger partial charge < -0.3 is 10.2 Å². The van der Waals surface area contributed by atoms with Crippen LogP contribution >= 0.6 is 0 Å². The monoisotopic (exact) mass is 219 g/mol. The zero-order valence-electron chi connectivity index (χ0n) is 9.52. The topological polar surface area (TPSA) is 45.2 Å². The molecule has 0 unspecified atom stereocenters. The molecule has 0 radical (unpaired) electrons. The van der Waals surface area contributed by atoms with Crippen molar-refractivity contribution in [2.75, 3.05) is 19.6 Å². The number of pyridine rings is 1. The normalized spacial score (nSPS) is 20.8. The molecule has 0 spiro atoms. The number of hydrogen-bond acceptors (Lipinski definition) is 3. The van der Waals surface area contributed by atoms with Crippen LogP contribution in [0.2, 0.25) is 0 Å². The first-order valence-electron chi connectivity index (χ1n) is 5.66. The second-order valence-corrected chi connectivity index (χ2v) is 4.23. The molecule has 1 aromatic heterocycles. The van der Waals surface area contributed by atoms with Crippen LogP contribution < -0.4 is 5.32 Å². The Kier molecular flexibility index (Phi) is 3.51. The van der Waals surface area contributed by atoms with E-state index in [1.165, 1.54) is 0 Å². The molecule has 1 aliphatic heterocycles. The van der Waals surface area contributed by atoms with E-state index in [1.54, 1.807) is 12.4 Å². The van der Waals surface area contributed by atoms with E-state index in [2.05, 4.69) is 17.2 Å². The number of nitrogens with one attached hydrogen (secondary N) is 1. The molecular weight excluding hydrogens is 202 g/mol. The smallest absolute Gasteiger partial charge is 0.227 e. The molecule has 4 heteroatoms. The Labute approximate surface area is 95.7 Å². The van der Waals surface area contributed by atoms with E-state index in [1.807, 2.05) is 17.0 Å². The van der Waals surface area contributed by atoms with Crippen LogP contribution in [0.5, 0.6) is 0 Å². The van der Waals surface area contributed by atoms with Gasteiger partial charge in [-0.3, -0.25) is 9.78 Å². The highest BCUT2D eigenvalue weighted by Gasteiger charge is 2.20. The van der Waals surface area contributed by atoms with Crippen LogP contribution in [-0.2, 0) is 11.2 Å². The molecule has 1 saturated heterocycles. The zero-order chi connectivity index (χ0) is 11.4. The van der Waals surface area contributed by atoms with Crippen LogP contribution in [0.25, 0.3) is 0 Å². The standard InChI is InChI=1S/C12H17N3O/c1-10-9-15(7-6-14-10)12(16)8-11-2-4-13-5-3-11/h2-5,10,14H,6-9H2,1H3/t10-/m0/s1. The van der Waals surface area contributed by atoms with E-state index >= 15 is 0 Å². The van der Waals surface area contributed by atoms with Crippen molar-refractivity contribution in [3.63, 3.8) is 0 Å². The summed E-state index contributed by atoms with van der Waals surface area (Å²) in [6.45, 7) is 4.62. The predicted molar refractivity (Wildman–Crippen MR) is 62.0 cm³/mol. The fourth-order valence-corrected chi connectivity index (χ4v) is 1.95. The molecule has 1 aliphatic rings. The molecule has 2 heterocycles. The molecule has 0 bridgehead atoms. The molecular formula is C12H17N3O. The third-order valence-electron chi connectivity index (χ3n) is 2.83. The molecule has 0 aliphatic carbocycles. The van der Waals surface area contributed by atoms with E-state index in [0.717, 1.165) is 25.2 Å². The summed E-state index contributed by atoms with van der Waals surface area (Å²) >= 11 is 0. The fraction of sp³-hybridized carbons (Fsp3) is 0.500. The molecule has 1 aromatic rings. The van der Waals surface area contributed by atoms with Gasteiger partial charge >= 0.3 is 0 Å². The molecule has 0 aromatic carbocycles. The second-order valence-electron chi connectivity index (χ2n) is 4.23. The highest BCUT2D eigenvalue weighted by molar-refractivity contribution is 5.78. The van der Waals surface area contributed by atoms with Crippen molar-refractivity contribution in [1.29, 1.82) is 0 Å². The van der Waals surface area contributed by atoms with E-state index in [-0.39, 0.29) is 5.91 Å². The molecule has 0 saturated carbocycles. The largest absolute Gasteiger partial charge is 0.340 e. The highest BCUT2D eigenvalue weighted by Crippen LogP contribution is 2.04. The summed E-state index contributed by atoms with van der Waals surface area (Å²) in [5.41, 5.74) is 1.03. The summed E-state index contributed by atoms with van der Waals surface area (Å²) < 4.78 is 0.